The number of methoxy groups -OCH3 is 2. The summed E-state index contributed by atoms with van der Waals surface area (Å²) in [6.45, 7) is 0. The van der Waals surface area contributed by atoms with Crippen LogP contribution in [-0.4, -0.2) is 25.3 Å². The quantitative estimate of drug-likeness (QED) is 0.883. The van der Waals surface area contributed by atoms with Crippen LogP contribution in [0.15, 0.2) is 36.4 Å². The molecule has 1 aliphatic heterocycles. The van der Waals surface area contributed by atoms with Crippen molar-refractivity contribution in [2.75, 3.05) is 14.2 Å². The zero-order chi connectivity index (χ0) is 15.7. The Morgan fingerprint density at radius 1 is 1.18 bits per heavy atom. The molecule has 1 atom stereocenters. The van der Waals surface area contributed by atoms with E-state index in [4.69, 9.17) is 14.2 Å². The molecule has 0 saturated carbocycles. The Morgan fingerprint density at radius 2 is 1.91 bits per heavy atom. The van der Waals surface area contributed by atoms with Crippen molar-refractivity contribution in [3.63, 3.8) is 0 Å². The molecule has 22 heavy (non-hydrogen) atoms. The highest BCUT2D eigenvalue weighted by Crippen LogP contribution is 2.41. The van der Waals surface area contributed by atoms with Gasteiger partial charge in [0, 0.05) is 12.0 Å². The van der Waals surface area contributed by atoms with Crippen LogP contribution in [0.1, 0.15) is 27.6 Å². The second-order valence-corrected chi connectivity index (χ2v) is 5.01. The average Bonchev–Trinajstić information content (AvgIpc) is 2.98. The third-order valence-electron chi connectivity index (χ3n) is 3.78. The number of phenols is 1. The molecule has 0 spiro atoms. The first kappa shape index (κ1) is 14.3. The minimum atomic E-state index is -0.562. The fraction of sp³-hybridized carbons (Fsp3) is 0.235. The van der Waals surface area contributed by atoms with Crippen molar-refractivity contribution in [2.45, 2.75) is 12.5 Å². The fourth-order valence-corrected chi connectivity index (χ4v) is 2.64. The van der Waals surface area contributed by atoms with Gasteiger partial charge in [-0.15, -0.1) is 0 Å². The van der Waals surface area contributed by atoms with Crippen molar-refractivity contribution in [3.8, 4) is 17.2 Å². The van der Waals surface area contributed by atoms with Gasteiger partial charge in [0.25, 0.3) is 0 Å². The standard InChI is InChI=1S/C17H16O5/c1-20-11-5-3-10(4-6-11)15-9-12-14(22-15)8-7-13(18)16(12)17(19)21-2/h3-8,15,18H,9H2,1-2H3. The number of esters is 1. The van der Waals surface area contributed by atoms with Crippen molar-refractivity contribution < 1.29 is 24.1 Å². The molecule has 114 valence electrons. The first-order valence-electron chi connectivity index (χ1n) is 6.87. The van der Waals surface area contributed by atoms with Gasteiger partial charge in [-0.25, -0.2) is 4.79 Å². The van der Waals surface area contributed by atoms with E-state index >= 15 is 0 Å². The van der Waals surface area contributed by atoms with Crippen molar-refractivity contribution in [3.05, 3.63) is 53.1 Å². The van der Waals surface area contributed by atoms with E-state index in [2.05, 4.69) is 0 Å². The maximum Gasteiger partial charge on any atom is 0.342 e. The lowest BCUT2D eigenvalue weighted by Gasteiger charge is -2.11. The van der Waals surface area contributed by atoms with Crippen molar-refractivity contribution >= 4 is 5.97 Å². The van der Waals surface area contributed by atoms with Gasteiger partial charge in [-0.05, 0) is 29.8 Å². The minimum absolute atomic E-state index is 0.0930. The molecule has 5 heteroatoms. The van der Waals surface area contributed by atoms with Gasteiger partial charge >= 0.3 is 5.97 Å². The van der Waals surface area contributed by atoms with E-state index in [1.54, 1.807) is 13.2 Å². The van der Waals surface area contributed by atoms with Gasteiger partial charge in [0.15, 0.2) is 0 Å². The maximum atomic E-state index is 11.9. The summed E-state index contributed by atoms with van der Waals surface area (Å²) in [5, 5.41) is 9.93. The van der Waals surface area contributed by atoms with Gasteiger partial charge in [0.1, 0.15) is 28.9 Å². The van der Waals surface area contributed by atoms with Crippen LogP contribution in [0.2, 0.25) is 0 Å². The van der Waals surface area contributed by atoms with Gasteiger partial charge in [0.2, 0.25) is 0 Å². The molecule has 0 fully saturated rings. The number of hydrogen-bond donors (Lipinski definition) is 1. The molecule has 1 aliphatic rings. The van der Waals surface area contributed by atoms with Crippen molar-refractivity contribution in [1.82, 2.24) is 0 Å². The number of rotatable bonds is 3. The van der Waals surface area contributed by atoms with E-state index < -0.39 is 5.97 Å². The lowest BCUT2D eigenvalue weighted by molar-refractivity contribution is 0.0596. The summed E-state index contributed by atoms with van der Waals surface area (Å²) in [6, 6.07) is 10.7. The third kappa shape index (κ3) is 2.35. The molecule has 1 N–H and O–H groups in total. The molecule has 0 amide bonds. The summed E-state index contributed by atoms with van der Waals surface area (Å²) in [4.78, 5) is 11.9. The first-order chi connectivity index (χ1) is 10.6. The monoisotopic (exact) mass is 300 g/mol. The van der Waals surface area contributed by atoms with Gasteiger partial charge in [-0.1, -0.05) is 12.1 Å². The van der Waals surface area contributed by atoms with E-state index in [1.165, 1.54) is 13.2 Å². The molecule has 0 aliphatic carbocycles. The van der Waals surface area contributed by atoms with Gasteiger partial charge in [0.05, 0.1) is 14.2 Å². The molecular formula is C17H16O5. The third-order valence-corrected chi connectivity index (χ3v) is 3.78. The number of carbonyl (C=O) groups excluding carboxylic acids is 1. The number of fused-ring (bicyclic) bond motifs is 1. The Labute approximate surface area is 128 Å². The molecule has 0 saturated heterocycles. The number of carbonyl (C=O) groups is 1. The summed E-state index contributed by atoms with van der Waals surface area (Å²) in [5.74, 6) is 0.712. The molecule has 0 radical (unpaired) electrons. The molecule has 1 heterocycles. The van der Waals surface area contributed by atoms with Crippen LogP contribution >= 0.6 is 0 Å². The predicted molar refractivity (Wildman–Crippen MR) is 79.5 cm³/mol. The Kier molecular flexibility index (Phi) is 3.63. The van der Waals surface area contributed by atoms with Crippen molar-refractivity contribution in [1.29, 1.82) is 0 Å². The number of aromatic hydroxyl groups is 1. The molecule has 3 rings (SSSR count). The highest BCUT2D eigenvalue weighted by Gasteiger charge is 2.31. The predicted octanol–water partition coefficient (Wildman–Crippen LogP) is 2.86. The lowest BCUT2D eigenvalue weighted by atomic mass is 9.99. The number of ether oxygens (including phenoxy) is 3. The number of benzene rings is 2. The zero-order valence-electron chi connectivity index (χ0n) is 12.3. The summed E-state index contributed by atoms with van der Waals surface area (Å²) in [6.07, 6.45) is 0.298. The Hall–Kier alpha value is -2.69. The summed E-state index contributed by atoms with van der Waals surface area (Å²) < 4.78 is 15.8. The van der Waals surface area contributed by atoms with Crippen molar-refractivity contribution in [2.24, 2.45) is 0 Å². The maximum absolute atomic E-state index is 11.9. The highest BCUT2D eigenvalue weighted by molar-refractivity contribution is 5.95. The number of phenolic OH excluding ortho intramolecular Hbond substituents is 1. The fourth-order valence-electron chi connectivity index (χ4n) is 2.64. The Morgan fingerprint density at radius 3 is 2.55 bits per heavy atom. The second-order valence-electron chi connectivity index (χ2n) is 5.01. The van der Waals surface area contributed by atoms with Crippen LogP contribution in [0.5, 0.6) is 17.2 Å². The van der Waals surface area contributed by atoms with E-state index in [0.29, 0.717) is 17.7 Å². The largest absolute Gasteiger partial charge is 0.507 e. The molecule has 0 aromatic heterocycles. The first-order valence-corrected chi connectivity index (χ1v) is 6.87. The summed E-state index contributed by atoms with van der Waals surface area (Å²) >= 11 is 0. The molecule has 5 nitrogen and oxygen atoms in total. The van der Waals surface area contributed by atoms with E-state index in [-0.39, 0.29) is 17.4 Å². The molecule has 2 aromatic carbocycles. The van der Waals surface area contributed by atoms with Gasteiger partial charge in [-0.2, -0.15) is 0 Å². The van der Waals surface area contributed by atoms with Crippen LogP contribution in [0, 0.1) is 0 Å². The highest BCUT2D eigenvalue weighted by atomic mass is 16.5. The minimum Gasteiger partial charge on any atom is -0.507 e. The van der Waals surface area contributed by atoms with E-state index in [1.807, 2.05) is 24.3 Å². The van der Waals surface area contributed by atoms with Crippen LogP contribution in [0.4, 0.5) is 0 Å². The van der Waals surface area contributed by atoms with Crippen LogP contribution in [0.25, 0.3) is 0 Å². The van der Waals surface area contributed by atoms with Crippen LogP contribution in [0.3, 0.4) is 0 Å². The average molecular weight is 300 g/mol. The molecular weight excluding hydrogens is 284 g/mol. The lowest BCUT2D eigenvalue weighted by Crippen LogP contribution is -2.06. The second kappa shape index (κ2) is 5.60. The van der Waals surface area contributed by atoms with Crippen LogP contribution < -0.4 is 9.47 Å². The van der Waals surface area contributed by atoms with E-state index in [9.17, 15) is 9.90 Å². The Balaban J connectivity index is 1.93. The molecule has 2 aromatic rings. The smallest absolute Gasteiger partial charge is 0.342 e. The topological polar surface area (TPSA) is 65.0 Å². The molecule has 1 unspecified atom stereocenters. The summed E-state index contributed by atoms with van der Waals surface area (Å²) in [7, 11) is 2.90. The zero-order valence-corrected chi connectivity index (χ0v) is 12.3. The molecule has 0 bridgehead atoms. The van der Waals surface area contributed by atoms with E-state index in [0.717, 1.165) is 11.3 Å². The van der Waals surface area contributed by atoms with Crippen LogP contribution in [-0.2, 0) is 11.2 Å². The normalized spacial score (nSPS) is 15.8. The SMILES string of the molecule is COC(=O)c1c(O)ccc2c1CC(c1ccc(OC)cc1)O2. The van der Waals surface area contributed by atoms with Gasteiger partial charge in [-0.3, -0.25) is 0 Å². The Bertz CT molecular complexity index is 706. The van der Waals surface area contributed by atoms with Gasteiger partial charge < -0.3 is 19.3 Å². The number of hydrogen-bond acceptors (Lipinski definition) is 5. The summed E-state index contributed by atoms with van der Waals surface area (Å²) in [5.41, 5.74) is 1.83.